The molecule has 6 nitrogen and oxygen atoms in total. The molecule has 0 radical (unpaired) electrons. The van der Waals surface area contributed by atoms with E-state index in [1.807, 2.05) is 66.7 Å². The number of nitrogens with one attached hydrogen (secondary N) is 1. The first-order valence-electron chi connectivity index (χ1n) is 10.0. The fourth-order valence-electron chi connectivity index (χ4n) is 4.14. The highest BCUT2D eigenvalue weighted by molar-refractivity contribution is 6.11. The third-order valence-corrected chi connectivity index (χ3v) is 5.68. The predicted octanol–water partition coefficient (Wildman–Crippen LogP) is 3.94. The fraction of sp³-hybridized carbons (Fsp3) is 0.200. The minimum Gasteiger partial charge on any atom is -0.497 e. The normalized spacial score (nSPS) is 17.6. The number of hydrogen-bond donors (Lipinski definition) is 1. The summed E-state index contributed by atoms with van der Waals surface area (Å²) in [4.78, 5) is 28.5. The lowest BCUT2D eigenvalue weighted by atomic mass is 9.79. The van der Waals surface area contributed by atoms with Crippen LogP contribution < -0.4 is 19.7 Å². The zero-order valence-corrected chi connectivity index (χ0v) is 17.7. The highest BCUT2D eigenvalue weighted by Crippen LogP contribution is 2.45. The van der Waals surface area contributed by atoms with Crippen LogP contribution in [0, 0.1) is 0 Å². The average Bonchev–Trinajstić information content (AvgIpc) is 2.83. The SMILES string of the molecule is CNC(=O)C1c2ccccc2C(=O)N(c2ccc(OC)cc2)C1c1ccc(OC)cc1. The van der Waals surface area contributed by atoms with Gasteiger partial charge in [-0.25, -0.2) is 0 Å². The second-order valence-corrected chi connectivity index (χ2v) is 7.27. The molecule has 0 saturated carbocycles. The number of nitrogens with zero attached hydrogens (tertiary/aromatic N) is 1. The lowest BCUT2D eigenvalue weighted by Gasteiger charge is -2.41. The van der Waals surface area contributed by atoms with Crippen LogP contribution in [0.1, 0.15) is 33.4 Å². The molecule has 1 aliphatic heterocycles. The molecule has 2 amide bonds. The number of carbonyl (C=O) groups excluding carboxylic acids is 2. The maximum atomic E-state index is 13.7. The molecular formula is C25H24N2O4. The zero-order valence-electron chi connectivity index (χ0n) is 17.7. The van der Waals surface area contributed by atoms with E-state index in [4.69, 9.17) is 9.47 Å². The molecule has 2 atom stereocenters. The van der Waals surface area contributed by atoms with Crippen LogP contribution in [0.2, 0.25) is 0 Å². The summed E-state index contributed by atoms with van der Waals surface area (Å²) in [7, 11) is 4.82. The Kier molecular flexibility index (Phi) is 5.62. The van der Waals surface area contributed by atoms with Crippen molar-refractivity contribution in [3.05, 3.63) is 89.5 Å². The lowest BCUT2D eigenvalue weighted by Crippen LogP contribution is -2.47. The monoisotopic (exact) mass is 416 g/mol. The van der Waals surface area contributed by atoms with Crippen LogP contribution in [0.5, 0.6) is 11.5 Å². The molecule has 158 valence electrons. The number of methoxy groups -OCH3 is 2. The van der Waals surface area contributed by atoms with Crippen molar-refractivity contribution >= 4 is 17.5 Å². The Balaban J connectivity index is 1.94. The number of hydrogen-bond acceptors (Lipinski definition) is 4. The molecule has 31 heavy (non-hydrogen) atoms. The highest BCUT2D eigenvalue weighted by Gasteiger charge is 2.44. The number of carbonyl (C=O) groups is 2. The number of anilines is 1. The number of benzene rings is 3. The van der Waals surface area contributed by atoms with Crippen molar-refractivity contribution in [1.29, 1.82) is 0 Å². The molecular weight excluding hydrogens is 392 g/mol. The standard InChI is InChI=1S/C25H24N2O4/c1-26-24(28)22-20-6-4-5-7-21(20)25(29)27(17-10-14-19(31-3)15-11-17)23(22)16-8-12-18(30-2)13-9-16/h4-15,22-23H,1-3H3,(H,26,28). The van der Waals surface area contributed by atoms with Gasteiger partial charge in [0, 0.05) is 18.3 Å². The summed E-state index contributed by atoms with van der Waals surface area (Å²) in [5.41, 5.74) is 2.78. The number of rotatable bonds is 5. The van der Waals surface area contributed by atoms with Crippen LogP contribution in [0.4, 0.5) is 5.69 Å². The van der Waals surface area contributed by atoms with Gasteiger partial charge in [-0.2, -0.15) is 0 Å². The molecule has 1 N–H and O–H groups in total. The third kappa shape index (κ3) is 3.61. The van der Waals surface area contributed by atoms with Crippen LogP contribution in [0.15, 0.2) is 72.8 Å². The summed E-state index contributed by atoms with van der Waals surface area (Å²) >= 11 is 0. The van der Waals surface area contributed by atoms with Gasteiger partial charge < -0.3 is 14.8 Å². The fourth-order valence-corrected chi connectivity index (χ4v) is 4.14. The summed E-state index contributed by atoms with van der Waals surface area (Å²) < 4.78 is 10.6. The van der Waals surface area contributed by atoms with E-state index in [1.54, 1.807) is 32.2 Å². The lowest BCUT2D eigenvalue weighted by molar-refractivity contribution is -0.122. The van der Waals surface area contributed by atoms with Crippen LogP contribution in [-0.4, -0.2) is 33.1 Å². The quantitative estimate of drug-likeness (QED) is 0.684. The van der Waals surface area contributed by atoms with Gasteiger partial charge in [0.05, 0.1) is 26.2 Å². The van der Waals surface area contributed by atoms with Gasteiger partial charge in [-0.05, 0) is 53.6 Å². The maximum absolute atomic E-state index is 13.7. The number of amides is 2. The van der Waals surface area contributed by atoms with Crippen molar-refractivity contribution in [2.75, 3.05) is 26.2 Å². The zero-order chi connectivity index (χ0) is 22.0. The molecule has 2 unspecified atom stereocenters. The van der Waals surface area contributed by atoms with Gasteiger partial charge in [-0.3, -0.25) is 14.5 Å². The van der Waals surface area contributed by atoms with Gasteiger partial charge in [0.25, 0.3) is 5.91 Å². The van der Waals surface area contributed by atoms with Gasteiger partial charge in [-0.1, -0.05) is 30.3 Å². The smallest absolute Gasteiger partial charge is 0.259 e. The second-order valence-electron chi connectivity index (χ2n) is 7.27. The first kappa shape index (κ1) is 20.5. The van der Waals surface area contributed by atoms with Gasteiger partial charge in [-0.15, -0.1) is 0 Å². The molecule has 4 rings (SSSR count). The van der Waals surface area contributed by atoms with E-state index in [0.29, 0.717) is 22.7 Å². The summed E-state index contributed by atoms with van der Waals surface area (Å²) in [5, 5.41) is 2.78. The Morgan fingerprint density at radius 1 is 0.871 bits per heavy atom. The Morgan fingerprint density at radius 2 is 1.45 bits per heavy atom. The largest absolute Gasteiger partial charge is 0.497 e. The van der Waals surface area contributed by atoms with E-state index in [9.17, 15) is 9.59 Å². The van der Waals surface area contributed by atoms with E-state index < -0.39 is 12.0 Å². The van der Waals surface area contributed by atoms with E-state index in [2.05, 4.69) is 5.32 Å². The molecule has 0 saturated heterocycles. The van der Waals surface area contributed by atoms with Crippen molar-refractivity contribution in [3.63, 3.8) is 0 Å². The Labute approximate surface area is 181 Å². The van der Waals surface area contributed by atoms with Crippen molar-refractivity contribution in [3.8, 4) is 11.5 Å². The van der Waals surface area contributed by atoms with Crippen LogP contribution in [0.25, 0.3) is 0 Å². The maximum Gasteiger partial charge on any atom is 0.259 e. The third-order valence-electron chi connectivity index (χ3n) is 5.68. The van der Waals surface area contributed by atoms with Crippen LogP contribution in [-0.2, 0) is 4.79 Å². The van der Waals surface area contributed by atoms with E-state index in [1.165, 1.54) is 0 Å². The predicted molar refractivity (Wildman–Crippen MR) is 119 cm³/mol. The second kappa shape index (κ2) is 8.52. The van der Waals surface area contributed by atoms with Crippen molar-refractivity contribution in [2.24, 2.45) is 0 Å². The molecule has 3 aromatic carbocycles. The molecule has 0 aliphatic carbocycles. The van der Waals surface area contributed by atoms with Gasteiger partial charge in [0.2, 0.25) is 5.91 Å². The van der Waals surface area contributed by atoms with E-state index in [0.717, 1.165) is 11.1 Å². The minimum atomic E-state index is -0.575. The molecule has 1 aliphatic rings. The molecule has 0 fully saturated rings. The minimum absolute atomic E-state index is 0.151. The number of ether oxygens (including phenoxy) is 2. The van der Waals surface area contributed by atoms with Gasteiger partial charge in [0.15, 0.2) is 0 Å². The van der Waals surface area contributed by atoms with Crippen molar-refractivity contribution < 1.29 is 19.1 Å². The van der Waals surface area contributed by atoms with Gasteiger partial charge >= 0.3 is 0 Å². The molecule has 0 bridgehead atoms. The molecule has 3 aromatic rings. The Hall–Kier alpha value is -3.80. The Morgan fingerprint density at radius 3 is 2.03 bits per heavy atom. The van der Waals surface area contributed by atoms with Gasteiger partial charge in [0.1, 0.15) is 11.5 Å². The summed E-state index contributed by atoms with van der Waals surface area (Å²) in [6.45, 7) is 0. The van der Waals surface area contributed by atoms with Crippen LogP contribution >= 0.6 is 0 Å². The summed E-state index contributed by atoms with van der Waals surface area (Å²) in [6, 6.07) is 21.5. The Bertz CT molecular complexity index is 1090. The van der Waals surface area contributed by atoms with Crippen molar-refractivity contribution in [2.45, 2.75) is 12.0 Å². The summed E-state index contributed by atoms with van der Waals surface area (Å²) in [5.74, 6) is 0.520. The van der Waals surface area contributed by atoms with E-state index >= 15 is 0 Å². The molecule has 6 heteroatoms. The summed E-state index contributed by atoms with van der Waals surface area (Å²) in [6.07, 6.45) is 0. The molecule has 0 aromatic heterocycles. The van der Waals surface area contributed by atoms with Crippen LogP contribution in [0.3, 0.4) is 0 Å². The number of likely N-dealkylation sites (N-methyl/N-ethyl adjacent to an activating group) is 1. The highest BCUT2D eigenvalue weighted by atomic mass is 16.5. The molecule has 1 heterocycles. The first-order chi connectivity index (χ1) is 15.1. The molecule has 0 spiro atoms. The van der Waals surface area contributed by atoms with Crippen molar-refractivity contribution in [1.82, 2.24) is 5.32 Å². The number of fused-ring (bicyclic) bond motifs is 1. The van der Waals surface area contributed by atoms with E-state index in [-0.39, 0.29) is 11.8 Å². The average molecular weight is 416 g/mol. The first-order valence-corrected chi connectivity index (χ1v) is 10.0. The topological polar surface area (TPSA) is 67.9 Å².